The van der Waals surface area contributed by atoms with E-state index in [0.29, 0.717) is 27.3 Å². The Morgan fingerprint density at radius 3 is 2.47 bits per heavy atom. The lowest BCUT2D eigenvalue weighted by Gasteiger charge is -2.14. The second-order valence-electron chi connectivity index (χ2n) is 7.53. The van der Waals surface area contributed by atoms with Crippen LogP contribution in [-0.2, 0) is 4.79 Å². The van der Waals surface area contributed by atoms with E-state index in [-0.39, 0.29) is 27.5 Å². The summed E-state index contributed by atoms with van der Waals surface area (Å²) in [5, 5.41) is 23.2. The highest BCUT2D eigenvalue weighted by molar-refractivity contribution is 7.99. The van der Waals surface area contributed by atoms with Gasteiger partial charge in [-0.2, -0.15) is 0 Å². The molecule has 0 radical (unpaired) electrons. The lowest BCUT2D eigenvalue weighted by molar-refractivity contribution is -0.113. The number of carbonyl (C=O) groups is 1. The minimum Gasteiger partial charge on any atom is -0.507 e. The molecule has 0 aliphatic carbocycles. The molecule has 1 amide bonds. The van der Waals surface area contributed by atoms with Gasteiger partial charge in [0, 0.05) is 0 Å². The zero-order chi connectivity index (χ0) is 24.4. The maximum absolute atomic E-state index is 12.7. The fraction of sp³-hybridized carbons (Fsp3) is 0.125. The molecule has 1 aromatic heterocycles. The molecule has 0 saturated carbocycles. The van der Waals surface area contributed by atoms with Gasteiger partial charge in [-0.25, -0.2) is 0 Å². The topological polar surface area (TPSA) is 80.0 Å². The number of carbonyl (C=O) groups excluding carboxylic acids is 1. The fourth-order valence-corrected chi connectivity index (χ4v) is 4.75. The first kappa shape index (κ1) is 24.4. The molecule has 174 valence electrons. The van der Waals surface area contributed by atoms with E-state index in [2.05, 4.69) is 21.6 Å². The molecule has 0 atom stereocenters. The third kappa shape index (κ3) is 5.18. The highest BCUT2D eigenvalue weighted by atomic mass is 35.5. The van der Waals surface area contributed by atoms with E-state index < -0.39 is 0 Å². The number of aromatic hydroxyl groups is 1. The van der Waals surface area contributed by atoms with Crippen LogP contribution in [0.3, 0.4) is 0 Å². The molecule has 3 aromatic carbocycles. The number of amides is 1. The lowest BCUT2D eigenvalue weighted by Crippen LogP contribution is -2.15. The minimum absolute atomic E-state index is 0.0421. The quantitative estimate of drug-likeness (QED) is 0.207. The Balaban J connectivity index is 1.65. The fourth-order valence-electron chi connectivity index (χ4n) is 3.41. The van der Waals surface area contributed by atoms with Crippen molar-refractivity contribution in [3.63, 3.8) is 0 Å². The van der Waals surface area contributed by atoms with Crippen LogP contribution in [-0.4, -0.2) is 31.5 Å². The second kappa shape index (κ2) is 10.3. The largest absolute Gasteiger partial charge is 0.507 e. The zero-order valence-corrected chi connectivity index (χ0v) is 21.2. The highest BCUT2D eigenvalue weighted by Crippen LogP contribution is 2.35. The first-order chi connectivity index (χ1) is 16.2. The van der Waals surface area contributed by atoms with Gasteiger partial charge in [-0.05, 0) is 49.7 Å². The summed E-state index contributed by atoms with van der Waals surface area (Å²) in [6.07, 6.45) is 0. The first-order valence-corrected chi connectivity index (χ1v) is 12.2. The molecule has 0 bridgehead atoms. The molecule has 10 heteroatoms. The van der Waals surface area contributed by atoms with Gasteiger partial charge in [0.1, 0.15) is 5.75 Å². The number of aromatic nitrogens is 3. The number of nitrogens with zero attached hydrogens (tertiary/aromatic N) is 3. The van der Waals surface area contributed by atoms with Crippen molar-refractivity contribution in [2.75, 3.05) is 11.1 Å². The molecule has 1 heterocycles. The number of benzene rings is 3. The number of thioether (sulfide) groups is 1. The number of hydrogen-bond donors (Lipinski definition) is 2. The lowest BCUT2D eigenvalue weighted by atomic mass is 10.1. The highest BCUT2D eigenvalue weighted by Gasteiger charge is 2.20. The van der Waals surface area contributed by atoms with E-state index in [9.17, 15) is 9.90 Å². The monoisotopic (exact) mass is 532 g/mol. The number of halogens is 3. The number of phenolic OH excluding ortho intramolecular Hbond substituents is 1. The van der Waals surface area contributed by atoms with Crippen molar-refractivity contribution in [2.24, 2.45) is 0 Å². The predicted octanol–water partition coefficient (Wildman–Crippen LogP) is 6.95. The smallest absolute Gasteiger partial charge is 0.234 e. The number of hydrogen-bond acceptors (Lipinski definition) is 5. The Labute approximate surface area is 215 Å². The minimum atomic E-state index is -0.301. The summed E-state index contributed by atoms with van der Waals surface area (Å²) in [6, 6.07) is 15.9. The Bertz CT molecular complexity index is 1390. The summed E-state index contributed by atoms with van der Waals surface area (Å²) in [6.45, 7) is 4.01. The van der Waals surface area contributed by atoms with E-state index in [0.717, 1.165) is 16.8 Å². The number of phenols is 1. The normalized spacial score (nSPS) is 11.0. The van der Waals surface area contributed by atoms with E-state index in [1.54, 1.807) is 18.2 Å². The maximum atomic E-state index is 12.7. The van der Waals surface area contributed by atoms with Crippen molar-refractivity contribution >= 4 is 58.2 Å². The molecule has 4 rings (SSSR count). The van der Waals surface area contributed by atoms with Gasteiger partial charge in [-0.1, -0.05) is 76.4 Å². The number of anilines is 1. The van der Waals surface area contributed by atoms with E-state index in [1.165, 1.54) is 23.9 Å². The molecule has 4 aromatic rings. The van der Waals surface area contributed by atoms with Crippen LogP contribution in [0.15, 0.2) is 59.8 Å². The van der Waals surface area contributed by atoms with E-state index in [4.69, 9.17) is 34.8 Å². The van der Waals surface area contributed by atoms with Gasteiger partial charge in [0.15, 0.2) is 11.0 Å². The Morgan fingerprint density at radius 1 is 1.00 bits per heavy atom. The van der Waals surface area contributed by atoms with Crippen molar-refractivity contribution in [3.8, 4) is 22.8 Å². The molecule has 0 saturated heterocycles. The summed E-state index contributed by atoms with van der Waals surface area (Å²) in [7, 11) is 0. The van der Waals surface area contributed by atoms with Gasteiger partial charge < -0.3 is 10.4 Å². The van der Waals surface area contributed by atoms with Crippen LogP contribution in [0, 0.1) is 13.8 Å². The Morgan fingerprint density at radius 2 is 1.74 bits per heavy atom. The molecule has 34 heavy (non-hydrogen) atoms. The van der Waals surface area contributed by atoms with Crippen LogP contribution < -0.4 is 5.32 Å². The summed E-state index contributed by atoms with van der Waals surface area (Å²) in [5.74, 6) is 0.301. The van der Waals surface area contributed by atoms with Gasteiger partial charge >= 0.3 is 0 Å². The third-order valence-corrected chi connectivity index (χ3v) is 6.95. The van der Waals surface area contributed by atoms with E-state index in [1.807, 2.05) is 36.6 Å². The summed E-state index contributed by atoms with van der Waals surface area (Å²) < 4.78 is 1.84. The van der Waals surface area contributed by atoms with Crippen molar-refractivity contribution < 1.29 is 9.90 Å². The SMILES string of the molecule is Cc1ccc(-n2c(SCC(=O)Nc3cc(Cl)c(Cl)cc3Cl)nnc2-c2ccccc2O)c(C)c1. The van der Waals surface area contributed by atoms with E-state index >= 15 is 0 Å². The van der Waals surface area contributed by atoms with Crippen LogP contribution in [0.25, 0.3) is 17.1 Å². The number of aryl methyl sites for hydroxylation is 2. The molecule has 0 fully saturated rings. The maximum Gasteiger partial charge on any atom is 0.234 e. The van der Waals surface area contributed by atoms with Crippen molar-refractivity contribution in [3.05, 3.63) is 80.8 Å². The van der Waals surface area contributed by atoms with Gasteiger partial charge in [0.05, 0.1) is 37.8 Å². The van der Waals surface area contributed by atoms with Crippen LogP contribution in [0.5, 0.6) is 5.75 Å². The third-order valence-electron chi connectivity index (χ3n) is 4.99. The van der Waals surface area contributed by atoms with Crippen LogP contribution >= 0.6 is 46.6 Å². The molecule has 0 spiro atoms. The zero-order valence-electron chi connectivity index (χ0n) is 18.1. The number of para-hydroxylation sites is 1. The van der Waals surface area contributed by atoms with Crippen LogP contribution in [0.2, 0.25) is 15.1 Å². The first-order valence-electron chi connectivity index (χ1n) is 10.1. The Kier molecular flexibility index (Phi) is 7.38. The molecule has 6 nitrogen and oxygen atoms in total. The summed E-state index contributed by atoms with van der Waals surface area (Å²) in [5.41, 5.74) is 3.88. The van der Waals surface area contributed by atoms with Gasteiger partial charge in [0.2, 0.25) is 5.91 Å². The predicted molar refractivity (Wildman–Crippen MR) is 139 cm³/mol. The second-order valence-corrected chi connectivity index (χ2v) is 9.70. The van der Waals surface area contributed by atoms with Gasteiger partial charge in [0.25, 0.3) is 0 Å². The molecular formula is C24H19Cl3N4O2S. The Hall–Kier alpha value is -2.71. The van der Waals surface area contributed by atoms with Gasteiger partial charge in [-0.15, -0.1) is 10.2 Å². The standard InChI is InChI=1S/C24H19Cl3N4O2S/c1-13-7-8-20(14(2)9-13)31-23(15-5-3-4-6-21(15)32)29-30-24(31)34-12-22(33)28-19-11-17(26)16(25)10-18(19)27/h3-11,32H,12H2,1-2H3,(H,28,33). The van der Waals surface area contributed by atoms with Crippen molar-refractivity contribution in [2.45, 2.75) is 19.0 Å². The molecule has 0 unspecified atom stereocenters. The molecule has 0 aliphatic heterocycles. The van der Waals surface area contributed by atoms with Crippen LogP contribution in [0.1, 0.15) is 11.1 Å². The van der Waals surface area contributed by atoms with Gasteiger partial charge in [-0.3, -0.25) is 9.36 Å². The summed E-state index contributed by atoms with van der Waals surface area (Å²) >= 11 is 19.4. The average molecular weight is 534 g/mol. The summed E-state index contributed by atoms with van der Waals surface area (Å²) in [4.78, 5) is 12.7. The number of rotatable bonds is 6. The molecular weight excluding hydrogens is 515 g/mol. The molecule has 2 N–H and O–H groups in total. The number of nitrogens with one attached hydrogen (secondary N) is 1. The van der Waals surface area contributed by atoms with Crippen molar-refractivity contribution in [1.82, 2.24) is 14.8 Å². The van der Waals surface area contributed by atoms with Crippen molar-refractivity contribution in [1.29, 1.82) is 0 Å². The average Bonchev–Trinajstić information content (AvgIpc) is 3.20. The van der Waals surface area contributed by atoms with Crippen LogP contribution in [0.4, 0.5) is 5.69 Å². The molecule has 0 aliphatic rings.